The Morgan fingerprint density at radius 2 is 2.00 bits per heavy atom. The molecule has 1 amide bonds. The van der Waals surface area contributed by atoms with Crippen LogP contribution in [-0.2, 0) is 0 Å². The molecule has 1 saturated heterocycles. The number of hydrogen-bond donors (Lipinski definition) is 1. The van der Waals surface area contributed by atoms with Gasteiger partial charge in [-0.3, -0.25) is 4.79 Å². The molecule has 0 radical (unpaired) electrons. The SMILES string of the molecule is Cc1ccc(NC2CC3CC2N(C(=O)c2c(F)cccc2-n2nccn2)C3)nc1. The fourth-order valence-corrected chi connectivity index (χ4v) is 4.53. The Kier molecular flexibility index (Phi) is 4.26. The van der Waals surface area contributed by atoms with E-state index in [2.05, 4.69) is 20.5 Å². The standard InChI is InChI=1S/C21H21FN6O/c1-13-5-6-19(23-11-13)26-16-9-14-10-18(16)27(12-14)21(29)20-15(22)3-2-4-17(20)28-24-7-8-25-28/h2-8,11,14,16,18H,9-10,12H2,1H3,(H,23,26). The predicted molar refractivity (Wildman–Crippen MR) is 105 cm³/mol. The first-order chi connectivity index (χ1) is 14.1. The Hall–Kier alpha value is -3.29. The van der Waals surface area contributed by atoms with Gasteiger partial charge in [0.2, 0.25) is 0 Å². The summed E-state index contributed by atoms with van der Waals surface area (Å²) >= 11 is 0. The molecule has 2 bridgehead atoms. The van der Waals surface area contributed by atoms with E-state index in [9.17, 15) is 9.18 Å². The summed E-state index contributed by atoms with van der Waals surface area (Å²) in [5.41, 5.74) is 1.47. The van der Waals surface area contributed by atoms with Crippen LogP contribution in [0.3, 0.4) is 0 Å². The number of amides is 1. The molecule has 1 aromatic carbocycles. The van der Waals surface area contributed by atoms with Crippen LogP contribution in [0.4, 0.5) is 10.2 Å². The predicted octanol–water partition coefficient (Wildman–Crippen LogP) is 2.82. The number of rotatable bonds is 4. The molecule has 5 rings (SSSR count). The van der Waals surface area contributed by atoms with E-state index < -0.39 is 5.82 Å². The number of piperidine rings is 1. The second-order valence-electron chi connectivity index (χ2n) is 7.79. The Balaban J connectivity index is 1.42. The number of benzene rings is 1. The summed E-state index contributed by atoms with van der Waals surface area (Å²) in [4.78, 5) is 20.9. The van der Waals surface area contributed by atoms with Crippen molar-refractivity contribution in [1.82, 2.24) is 24.9 Å². The lowest BCUT2D eigenvalue weighted by Crippen LogP contribution is -2.48. The highest BCUT2D eigenvalue weighted by molar-refractivity contribution is 5.98. The van der Waals surface area contributed by atoms with E-state index in [4.69, 9.17) is 0 Å². The van der Waals surface area contributed by atoms with Crippen molar-refractivity contribution in [3.63, 3.8) is 0 Å². The smallest absolute Gasteiger partial charge is 0.259 e. The van der Waals surface area contributed by atoms with E-state index in [1.807, 2.05) is 25.3 Å². The highest BCUT2D eigenvalue weighted by Crippen LogP contribution is 2.40. The quantitative estimate of drug-likeness (QED) is 0.739. The number of aromatic nitrogens is 4. The second kappa shape index (κ2) is 6.95. The van der Waals surface area contributed by atoms with Gasteiger partial charge in [-0.15, -0.1) is 0 Å². The van der Waals surface area contributed by atoms with E-state index in [1.54, 1.807) is 17.0 Å². The highest BCUT2D eigenvalue weighted by Gasteiger charge is 2.47. The van der Waals surface area contributed by atoms with Gasteiger partial charge in [-0.1, -0.05) is 12.1 Å². The van der Waals surface area contributed by atoms with Crippen molar-refractivity contribution in [3.8, 4) is 5.69 Å². The summed E-state index contributed by atoms with van der Waals surface area (Å²) in [7, 11) is 0. The molecule has 2 aliphatic rings. The number of aryl methyl sites for hydroxylation is 1. The third-order valence-electron chi connectivity index (χ3n) is 5.83. The minimum absolute atomic E-state index is 0.00800. The van der Waals surface area contributed by atoms with Crippen LogP contribution in [0.25, 0.3) is 5.69 Å². The number of halogens is 1. The molecule has 1 aliphatic heterocycles. The van der Waals surface area contributed by atoms with Crippen molar-refractivity contribution in [2.24, 2.45) is 5.92 Å². The fourth-order valence-electron chi connectivity index (χ4n) is 4.53. The number of nitrogens with one attached hydrogen (secondary N) is 1. The number of hydrogen-bond acceptors (Lipinski definition) is 5. The van der Waals surface area contributed by atoms with E-state index in [-0.39, 0.29) is 23.6 Å². The van der Waals surface area contributed by atoms with Gasteiger partial charge in [-0.2, -0.15) is 15.0 Å². The van der Waals surface area contributed by atoms with Gasteiger partial charge in [0, 0.05) is 18.8 Å². The number of fused-ring (bicyclic) bond motifs is 2. The van der Waals surface area contributed by atoms with Crippen molar-refractivity contribution in [2.75, 3.05) is 11.9 Å². The molecule has 3 aromatic rings. The Morgan fingerprint density at radius 3 is 2.72 bits per heavy atom. The Bertz CT molecular complexity index is 1040. The second-order valence-corrected chi connectivity index (χ2v) is 7.79. The molecule has 2 aromatic heterocycles. The van der Waals surface area contributed by atoms with Gasteiger partial charge in [-0.05, 0) is 49.4 Å². The molecular formula is C21H21FN6O. The molecule has 1 aliphatic carbocycles. The molecule has 0 spiro atoms. The Morgan fingerprint density at radius 1 is 1.17 bits per heavy atom. The molecule has 8 heteroatoms. The molecule has 1 saturated carbocycles. The van der Waals surface area contributed by atoms with E-state index in [0.29, 0.717) is 18.2 Å². The third-order valence-corrected chi connectivity index (χ3v) is 5.83. The first kappa shape index (κ1) is 17.8. The van der Waals surface area contributed by atoms with Crippen LogP contribution in [0.15, 0.2) is 48.9 Å². The van der Waals surface area contributed by atoms with Crippen LogP contribution < -0.4 is 5.32 Å². The lowest BCUT2D eigenvalue weighted by molar-refractivity contribution is 0.0687. The zero-order valence-electron chi connectivity index (χ0n) is 16.0. The monoisotopic (exact) mass is 392 g/mol. The normalized spacial score (nSPS) is 22.8. The maximum atomic E-state index is 14.7. The topological polar surface area (TPSA) is 75.9 Å². The largest absolute Gasteiger partial charge is 0.365 e. The summed E-state index contributed by atoms with van der Waals surface area (Å²) in [6.45, 7) is 2.64. The maximum absolute atomic E-state index is 14.7. The van der Waals surface area contributed by atoms with Crippen molar-refractivity contribution in [1.29, 1.82) is 0 Å². The average Bonchev–Trinajstić information content (AvgIpc) is 3.46. The van der Waals surface area contributed by atoms with Gasteiger partial charge in [0.25, 0.3) is 5.91 Å². The van der Waals surface area contributed by atoms with Crippen molar-refractivity contribution in [3.05, 3.63) is 65.9 Å². The van der Waals surface area contributed by atoms with E-state index in [0.717, 1.165) is 24.2 Å². The zero-order chi connectivity index (χ0) is 20.0. The lowest BCUT2D eigenvalue weighted by atomic mass is 10.0. The molecule has 7 nitrogen and oxygen atoms in total. The third kappa shape index (κ3) is 3.14. The molecule has 148 valence electrons. The number of likely N-dealkylation sites (tertiary alicyclic amines) is 1. The molecular weight excluding hydrogens is 371 g/mol. The average molecular weight is 392 g/mol. The maximum Gasteiger partial charge on any atom is 0.259 e. The Labute approximate surface area is 167 Å². The molecule has 3 unspecified atom stereocenters. The fraction of sp³-hybridized carbons (Fsp3) is 0.333. The van der Waals surface area contributed by atoms with E-state index >= 15 is 0 Å². The number of carbonyl (C=O) groups excluding carboxylic acids is 1. The van der Waals surface area contributed by atoms with Crippen LogP contribution in [-0.4, -0.2) is 49.4 Å². The number of carbonyl (C=O) groups is 1. The number of nitrogens with zero attached hydrogens (tertiary/aromatic N) is 5. The van der Waals surface area contributed by atoms with E-state index in [1.165, 1.54) is 23.3 Å². The van der Waals surface area contributed by atoms with Gasteiger partial charge in [-0.25, -0.2) is 9.37 Å². The summed E-state index contributed by atoms with van der Waals surface area (Å²) in [5.74, 6) is 0.335. The summed E-state index contributed by atoms with van der Waals surface area (Å²) in [6.07, 6.45) is 6.73. The van der Waals surface area contributed by atoms with Crippen molar-refractivity contribution in [2.45, 2.75) is 31.8 Å². The van der Waals surface area contributed by atoms with Crippen LogP contribution in [0, 0.1) is 18.7 Å². The highest BCUT2D eigenvalue weighted by atomic mass is 19.1. The van der Waals surface area contributed by atoms with Crippen molar-refractivity contribution >= 4 is 11.7 Å². The minimum atomic E-state index is -0.558. The van der Waals surface area contributed by atoms with Crippen molar-refractivity contribution < 1.29 is 9.18 Å². The molecule has 3 atom stereocenters. The summed E-state index contributed by atoms with van der Waals surface area (Å²) in [6, 6.07) is 8.60. The number of pyridine rings is 1. The first-order valence-electron chi connectivity index (χ1n) is 9.75. The first-order valence-corrected chi connectivity index (χ1v) is 9.75. The van der Waals surface area contributed by atoms with Crippen LogP contribution in [0.1, 0.15) is 28.8 Å². The van der Waals surface area contributed by atoms with Crippen LogP contribution in [0.2, 0.25) is 0 Å². The van der Waals surface area contributed by atoms with Gasteiger partial charge < -0.3 is 10.2 Å². The number of anilines is 1. The van der Waals surface area contributed by atoms with Gasteiger partial charge >= 0.3 is 0 Å². The molecule has 29 heavy (non-hydrogen) atoms. The van der Waals surface area contributed by atoms with Gasteiger partial charge in [0.1, 0.15) is 22.9 Å². The van der Waals surface area contributed by atoms with Crippen LogP contribution in [0.5, 0.6) is 0 Å². The molecule has 2 fully saturated rings. The molecule has 1 N–H and O–H groups in total. The zero-order valence-corrected chi connectivity index (χ0v) is 16.0. The van der Waals surface area contributed by atoms with Crippen LogP contribution >= 0.6 is 0 Å². The minimum Gasteiger partial charge on any atom is -0.365 e. The molecule has 3 heterocycles. The lowest BCUT2D eigenvalue weighted by Gasteiger charge is -2.34. The van der Waals surface area contributed by atoms with Gasteiger partial charge in [0.15, 0.2) is 0 Å². The van der Waals surface area contributed by atoms with Gasteiger partial charge in [0.05, 0.1) is 18.4 Å². The summed E-state index contributed by atoms with van der Waals surface area (Å²) < 4.78 is 14.7. The summed E-state index contributed by atoms with van der Waals surface area (Å²) in [5, 5.41) is 11.6.